The number of amides is 1. The van der Waals surface area contributed by atoms with Crippen molar-refractivity contribution in [3.8, 4) is 5.75 Å². The highest BCUT2D eigenvalue weighted by Gasteiger charge is 2.25. The molecule has 0 radical (unpaired) electrons. The number of anilines is 1. The fraction of sp³-hybridized carbons (Fsp3) is 0.533. The summed E-state index contributed by atoms with van der Waals surface area (Å²) < 4.78 is 5.53. The number of nitrogens with two attached hydrogens (primary N) is 1. The van der Waals surface area contributed by atoms with Crippen LogP contribution in [0.25, 0.3) is 0 Å². The predicted octanol–water partition coefficient (Wildman–Crippen LogP) is 2.44. The predicted molar refractivity (Wildman–Crippen MR) is 76.0 cm³/mol. The molecule has 1 fully saturated rings. The van der Waals surface area contributed by atoms with Crippen LogP contribution in [-0.2, 0) is 4.79 Å². The molecule has 1 aliphatic rings. The monoisotopic (exact) mass is 262 g/mol. The number of piperidine rings is 1. The minimum absolute atomic E-state index is 0.0646. The van der Waals surface area contributed by atoms with Gasteiger partial charge in [0.15, 0.2) is 6.61 Å². The molecule has 2 N–H and O–H groups in total. The number of nitrogen functional groups attached to an aromatic ring is 1. The zero-order valence-electron chi connectivity index (χ0n) is 11.5. The highest BCUT2D eigenvalue weighted by atomic mass is 16.5. The van der Waals surface area contributed by atoms with E-state index in [1.807, 2.05) is 17.0 Å². The molecule has 1 unspecified atom stereocenters. The molecule has 1 aliphatic heterocycles. The van der Waals surface area contributed by atoms with Crippen molar-refractivity contribution in [2.24, 2.45) is 0 Å². The van der Waals surface area contributed by atoms with Crippen molar-refractivity contribution in [1.82, 2.24) is 4.90 Å². The van der Waals surface area contributed by atoms with Gasteiger partial charge in [0.05, 0.1) is 5.69 Å². The van der Waals surface area contributed by atoms with E-state index in [4.69, 9.17) is 10.5 Å². The lowest BCUT2D eigenvalue weighted by atomic mass is 10.00. The third-order valence-electron chi connectivity index (χ3n) is 3.69. The highest BCUT2D eigenvalue weighted by Crippen LogP contribution is 2.22. The van der Waals surface area contributed by atoms with Gasteiger partial charge >= 0.3 is 0 Å². The van der Waals surface area contributed by atoms with Gasteiger partial charge in [-0.3, -0.25) is 4.79 Å². The number of para-hydroxylation sites is 2. The van der Waals surface area contributed by atoms with Crippen molar-refractivity contribution in [1.29, 1.82) is 0 Å². The smallest absolute Gasteiger partial charge is 0.260 e. The Kier molecular flexibility index (Phi) is 4.66. The minimum Gasteiger partial charge on any atom is -0.482 e. The van der Waals surface area contributed by atoms with Gasteiger partial charge in [0, 0.05) is 12.6 Å². The number of likely N-dealkylation sites (tertiary alicyclic amines) is 1. The summed E-state index contributed by atoms with van der Waals surface area (Å²) in [4.78, 5) is 14.2. The Morgan fingerprint density at radius 2 is 2.21 bits per heavy atom. The molecule has 1 heterocycles. The second-order valence-corrected chi connectivity index (χ2v) is 4.97. The highest BCUT2D eigenvalue weighted by molar-refractivity contribution is 5.78. The number of nitrogens with zero attached hydrogens (tertiary/aromatic N) is 1. The Bertz CT molecular complexity index is 434. The molecule has 1 aromatic rings. The standard InChI is InChI=1S/C15H22N2O2/c1-2-12-7-5-6-10-17(12)15(18)11-19-14-9-4-3-8-13(14)16/h3-4,8-9,12H,2,5-7,10-11,16H2,1H3. The van der Waals surface area contributed by atoms with Crippen LogP contribution in [0.1, 0.15) is 32.6 Å². The number of hydrogen-bond donors (Lipinski definition) is 1. The SMILES string of the molecule is CCC1CCCCN1C(=O)COc1ccccc1N. The third-order valence-corrected chi connectivity index (χ3v) is 3.69. The van der Waals surface area contributed by atoms with Gasteiger partial charge in [0.2, 0.25) is 0 Å². The van der Waals surface area contributed by atoms with Crippen molar-refractivity contribution in [2.75, 3.05) is 18.9 Å². The van der Waals surface area contributed by atoms with Gasteiger partial charge in [-0.1, -0.05) is 19.1 Å². The van der Waals surface area contributed by atoms with E-state index in [2.05, 4.69) is 6.92 Å². The van der Waals surface area contributed by atoms with Gasteiger partial charge in [-0.15, -0.1) is 0 Å². The van der Waals surface area contributed by atoms with E-state index < -0.39 is 0 Å². The molecule has 1 aromatic carbocycles. The van der Waals surface area contributed by atoms with Crippen molar-refractivity contribution in [3.63, 3.8) is 0 Å². The summed E-state index contributed by atoms with van der Waals surface area (Å²) in [7, 11) is 0. The van der Waals surface area contributed by atoms with Crippen LogP contribution in [-0.4, -0.2) is 30.0 Å². The average molecular weight is 262 g/mol. The van der Waals surface area contributed by atoms with Gasteiger partial charge in [-0.05, 0) is 37.8 Å². The summed E-state index contributed by atoms with van der Waals surface area (Å²) in [6, 6.07) is 7.64. The van der Waals surface area contributed by atoms with Crippen molar-refractivity contribution in [2.45, 2.75) is 38.6 Å². The molecule has 0 aromatic heterocycles. The van der Waals surface area contributed by atoms with Crippen LogP contribution >= 0.6 is 0 Å². The van der Waals surface area contributed by atoms with Gasteiger partial charge < -0.3 is 15.4 Å². The lowest BCUT2D eigenvalue weighted by Crippen LogP contribution is -2.45. The normalized spacial score (nSPS) is 19.2. The van der Waals surface area contributed by atoms with E-state index in [1.165, 1.54) is 6.42 Å². The number of rotatable bonds is 4. The Hall–Kier alpha value is -1.71. The van der Waals surface area contributed by atoms with Crippen molar-refractivity contribution in [3.05, 3.63) is 24.3 Å². The summed E-state index contributed by atoms with van der Waals surface area (Å²) in [6.07, 6.45) is 4.43. The van der Waals surface area contributed by atoms with Crippen LogP contribution in [0.15, 0.2) is 24.3 Å². The number of hydrogen-bond acceptors (Lipinski definition) is 3. The summed E-state index contributed by atoms with van der Waals surface area (Å²) in [6.45, 7) is 3.06. The zero-order chi connectivity index (χ0) is 13.7. The Morgan fingerprint density at radius 1 is 1.42 bits per heavy atom. The Balaban J connectivity index is 1.92. The van der Waals surface area contributed by atoms with E-state index in [0.29, 0.717) is 17.5 Å². The van der Waals surface area contributed by atoms with Crippen LogP contribution in [0.5, 0.6) is 5.75 Å². The van der Waals surface area contributed by atoms with Crippen LogP contribution < -0.4 is 10.5 Å². The lowest BCUT2D eigenvalue weighted by Gasteiger charge is -2.35. The molecule has 19 heavy (non-hydrogen) atoms. The summed E-state index contributed by atoms with van der Waals surface area (Å²) >= 11 is 0. The van der Waals surface area contributed by atoms with Crippen LogP contribution in [0, 0.1) is 0 Å². The van der Waals surface area contributed by atoms with Gasteiger partial charge in [0.1, 0.15) is 5.75 Å². The molecule has 0 bridgehead atoms. The van der Waals surface area contributed by atoms with Gasteiger partial charge in [0.25, 0.3) is 5.91 Å². The first-order chi connectivity index (χ1) is 9.22. The van der Waals surface area contributed by atoms with E-state index in [-0.39, 0.29) is 12.5 Å². The van der Waals surface area contributed by atoms with E-state index in [1.54, 1.807) is 12.1 Å². The first-order valence-corrected chi connectivity index (χ1v) is 6.99. The minimum atomic E-state index is 0.0646. The molecule has 1 saturated heterocycles. The third kappa shape index (κ3) is 3.40. The molecular formula is C15H22N2O2. The molecule has 0 aliphatic carbocycles. The number of ether oxygens (including phenoxy) is 1. The molecular weight excluding hydrogens is 240 g/mol. The number of carbonyl (C=O) groups is 1. The second-order valence-electron chi connectivity index (χ2n) is 4.97. The second kappa shape index (κ2) is 6.45. The fourth-order valence-electron chi connectivity index (χ4n) is 2.59. The number of carbonyl (C=O) groups excluding carboxylic acids is 1. The maximum atomic E-state index is 12.2. The molecule has 0 spiro atoms. The maximum absolute atomic E-state index is 12.2. The number of benzene rings is 1. The van der Waals surface area contributed by atoms with E-state index in [0.717, 1.165) is 25.8 Å². The molecule has 2 rings (SSSR count). The molecule has 1 amide bonds. The Labute approximate surface area is 114 Å². The van der Waals surface area contributed by atoms with E-state index >= 15 is 0 Å². The Morgan fingerprint density at radius 3 is 2.95 bits per heavy atom. The van der Waals surface area contributed by atoms with Gasteiger partial charge in [-0.2, -0.15) is 0 Å². The quantitative estimate of drug-likeness (QED) is 0.848. The van der Waals surface area contributed by atoms with Crippen molar-refractivity contribution >= 4 is 11.6 Å². The van der Waals surface area contributed by atoms with Crippen molar-refractivity contribution < 1.29 is 9.53 Å². The molecule has 4 nitrogen and oxygen atoms in total. The first kappa shape index (κ1) is 13.7. The van der Waals surface area contributed by atoms with E-state index in [9.17, 15) is 4.79 Å². The van der Waals surface area contributed by atoms with Crippen LogP contribution in [0.3, 0.4) is 0 Å². The molecule has 1 atom stereocenters. The fourth-order valence-corrected chi connectivity index (χ4v) is 2.59. The summed E-state index contributed by atoms with van der Waals surface area (Å²) in [5, 5.41) is 0. The summed E-state index contributed by atoms with van der Waals surface area (Å²) in [5.74, 6) is 0.649. The van der Waals surface area contributed by atoms with Crippen LogP contribution in [0.2, 0.25) is 0 Å². The van der Waals surface area contributed by atoms with Crippen LogP contribution in [0.4, 0.5) is 5.69 Å². The maximum Gasteiger partial charge on any atom is 0.260 e. The average Bonchev–Trinajstić information content (AvgIpc) is 2.46. The zero-order valence-corrected chi connectivity index (χ0v) is 11.5. The van der Waals surface area contributed by atoms with Gasteiger partial charge in [-0.25, -0.2) is 0 Å². The molecule has 4 heteroatoms. The molecule has 0 saturated carbocycles. The largest absolute Gasteiger partial charge is 0.482 e. The summed E-state index contributed by atoms with van der Waals surface area (Å²) in [5.41, 5.74) is 6.36. The lowest BCUT2D eigenvalue weighted by molar-refractivity contribution is -0.137. The first-order valence-electron chi connectivity index (χ1n) is 6.99. The molecule has 104 valence electrons. The topological polar surface area (TPSA) is 55.6 Å².